The zero-order valence-corrected chi connectivity index (χ0v) is 14.1. The number of hydrogen-bond acceptors (Lipinski definition) is 2. The van der Waals surface area contributed by atoms with Crippen LogP contribution in [0.15, 0.2) is 30.3 Å². The summed E-state index contributed by atoms with van der Waals surface area (Å²) in [6, 6.07) is 11.0. The number of rotatable bonds is 8. The number of benzene rings is 1. The molecule has 0 radical (unpaired) electrons. The van der Waals surface area contributed by atoms with Gasteiger partial charge in [0.1, 0.15) is 0 Å². The van der Waals surface area contributed by atoms with Crippen molar-refractivity contribution in [3.05, 3.63) is 35.9 Å². The van der Waals surface area contributed by atoms with Crippen molar-refractivity contribution in [2.24, 2.45) is 0 Å². The van der Waals surface area contributed by atoms with E-state index in [1.54, 1.807) is 0 Å². The lowest BCUT2D eigenvalue weighted by atomic mass is 10.1. The van der Waals surface area contributed by atoms with Crippen LogP contribution >= 0.6 is 0 Å². The maximum Gasteiger partial charge on any atom is 0.237 e. The molecule has 0 N–H and O–H groups in total. The molecule has 0 aliphatic heterocycles. The minimum absolute atomic E-state index is 0.312. The Balaban J connectivity index is 1.97. The van der Waals surface area contributed by atoms with Crippen LogP contribution in [0.5, 0.6) is 0 Å². The molecule has 0 aromatic heterocycles. The Morgan fingerprint density at radius 3 is 2.32 bits per heavy atom. The first kappa shape index (κ1) is 17.0. The molecule has 2 rings (SSSR count). The van der Waals surface area contributed by atoms with Gasteiger partial charge in [-0.05, 0) is 37.9 Å². The monoisotopic (exact) mass is 302 g/mol. The van der Waals surface area contributed by atoms with E-state index in [0.717, 1.165) is 26.1 Å². The van der Waals surface area contributed by atoms with Crippen LogP contribution in [-0.2, 0) is 11.2 Å². The van der Waals surface area contributed by atoms with Crippen molar-refractivity contribution in [1.82, 2.24) is 9.80 Å². The Bertz CT molecular complexity index is 436. The van der Waals surface area contributed by atoms with Crippen molar-refractivity contribution >= 4 is 5.91 Å². The third kappa shape index (κ3) is 4.84. The predicted octanol–water partition coefficient (Wildman–Crippen LogP) is 3.34. The second kappa shape index (κ2) is 8.94. The van der Waals surface area contributed by atoms with Crippen LogP contribution in [0.3, 0.4) is 0 Å². The van der Waals surface area contributed by atoms with E-state index >= 15 is 0 Å². The topological polar surface area (TPSA) is 23.6 Å². The van der Waals surface area contributed by atoms with Gasteiger partial charge in [0.15, 0.2) is 0 Å². The van der Waals surface area contributed by atoms with Crippen LogP contribution in [0.4, 0.5) is 0 Å². The first-order valence-electron chi connectivity index (χ1n) is 8.80. The summed E-state index contributed by atoms with van der Waals surface area (Å²) in [7, 11) is 0. The number of amides is 1. The average Bonchev–Trinajstić information content (AvgIpc) is 3.08. The number of nitrogens with zero attached hydrogens (tertiary/aromatic N) is 2. The Hall–Kier alpha value is -1.35. The van der Waals surface area contributed by atoms with Crippen molar-refractivity contribution in [1.29, 1.82) is 0 Å². The van der Waals surface area contributed by atoms with Gasteiger partial charge >= 0.3 is 0 Å². The molecule has 0 spiro atoms. The van der Waals surface area contributed by atoms with Gasteiger partial charge in [0.05, 0.1) is 6.54 Å². The fourth-order valence-corrected chi connectivity index (χ4v) is 3.35. The zero-order chi connectivity index (χ0) is 15.8. The number of likely N-dealkylation sites (N-methyl/N-ethyl adjacent to an activating group) is 1. The average molecular weight is 302 g/mol. The second-order valence-corrected chi connectivity index (χ2v) is 6.22. The van der Waals surface area contributed by atoms with Crippen molar-refractivity contribution in [3.8, 4) is 0 Å². The number of carbonyl (C=O) groups excluding carboxylic acids is 1. The van der Waals surface area contributed by atoms with Gasteiger partial charge in [-0.25, -0.2) is 0 Å². The number of hydrogen-bond donors (Lipinski definition) is 0. The van der Waals surface area contributed by atoms with E-state index in [0.29, 0.717) is 18.5 Å². The summed E-state index contributed by atoms with van der Waals surface area (Å²) < 4.78 is 0. The highest BCUT2D eigenvalue weighted by atomic mass is 16.2. The Labute approximate surface area is 135 Å². The molecule has 0 atom stereocenters. The van der Waals surface area contributed by atoms with Crippen molar-refractivity contribution < 1.29 is 4.79 Å². The Morgan fingerprint density at radius 2 is 1.73 bits per heavy atom. The van der Waals surface area contributed by atoms with Crippen LogP contribution in [0.25, 0.3) is 0 Å². The predicted molar refractivity (Wildman–Crippen MR) is 91.9 cm³/mol. The summed E-state index contributed by atoms with van der Waals surface area (Å²) in [5.74, 6) is 0.312. The summed E-state index contributed by atoms with van der Waals surface area (Å²) in [6.45, 7) is 7.56. The molecule has 0 saturated heterocycles. The largest absolute Gasteiger partial charge is 0.338 e. The summed E-state index contributed by atoms with van der Waals surface area (Å²) >= 11 is 0. The normalized spacial score (nSPS) is 15.4. The van der Waals surface area contributed by atoms with E-state index in [2.05, 4.69) is 47.9 Å². The lowest BCUT2D eigenvalue weighted by Gasteiger charge is -2.31. The lowest BCUT2D eigenvalue weighted by molar-refractivity contribution is -0.134. The Morgan fingerprint density at radius 1 is 1.09 bits per heavy atom. The molecule has 1 amide bonds. The minimum atomic E-state index is 0.312. The Kier molecular flexibility index (Phi) is 6.91. The molecule has 1 fully saturated rings. The van der Waals surface area contributed by atoms with Crippen molar-refractivity contribution in [2.45, 2.75) is 52.0 Å². The molecule has 3 nitrogen and oxygen atoms in total. The second-order valence-electron chi connectivity index (χ2n) is 6.22. The van der Waals surface area contributed by atoms with Gasteiger partial charge in [-0.3, -0.25) is 9.69 Å². The molecular formula is C19H30N2O. The van der Waals surface area contributed by atoms with E-state index in [1.807, 2.05) is 6.07 Å². The summed E-state index contributed by atoms with van der Waals surface area (Å²) in [6.07, 6.45) is 5.86. The molecule has 1 aliphatic carbocycles. The van der Waals surface area contributed by atoms with Crippen LogP contribution < -0.4 is 0 Å². The molecular weight excluding hydrogens is 272 g/mol. The van der Waals surface area contributed by atoms with Crippen molar-refractivity contribution in [2.75, 3.05) is 26.2 Å². The maximum absolute atomic E-state index is 12.8. The molecule has 1 aromatic carbocycles. The van der Waals surface area contributed by atoms with E-state index in [1.165, 1.54) is 31.2 Å². The first-order chi connectivity index (χ1) is 10.7. The molecule has 22 heavy (non-hydrogen) atoms. The molecule has 0 unspecified atom stereocenters. The fourth-order valence-electron chi connectivity index (χ4n) is 3.35. The van der Waals surface area contributed by atoms with Crippen LogP contribution in [-0.4, -0.2) is 47.9 Å². The zero-order valence-electron chi connectivity index (χ0n) is 14.1. The highest BCUT2D eigenvalue weighted by molar-refractivity contribution is 5.78. The van der Waals surface area contributed by atoms with E-state index < -0.39 is 0 Å². The standard InChI is InChI=1S/C19H30N2O/c1-3-20(4-2)16-19(22)21(18-12-8-9-13-18)15-14-17-10-6-5-7-11-17/h5-7,10-11,18H,3-4,8-9,12-16H2,1-2H3. The molecule has 1 saturated carbocycles. The van der Waals surface area contributed by atoms with Gasteiger partial charge < -0.3 is 4.90 Å². The summed E-state index contributed by atoms with van der Waals surface area (Å²) in [4.78, 5) is 17.1. The molecule has 3 heteroatoms. The minimum Gasteiger partial charge on any atom is -0.338 e. The highest BCUT2D eigenvalue weighted by Crippen LogP contribution is 2.24. The van der Waals surface area contributed by atoms with Crippen LogP contribution in [0.2, 0.25) is 0 Å². The van der Waals surface area contributed by atoms with Gasteiger partial charge in [0.25, 0.3) is 0 Å². The van der Waals surface area contributed by atoms with Crippen LogP contribution in [0, 0.1) is 0 Å². The molecule has 0 heterocycles. The highest BCUT2D eigenvalue weighted by Gasteiger charge is 2.26. The van der Waals surface area contributed by atoms with Gasteiger partial charge in [-0.1, -0.05) is 57.0 Å². The third-order valence-corrected chi connectivity index (χ3v) is 4.82. The molecule has 122 valence electrons. The smallest absolute Gasteiger partial charge is 0.237 e. The molecule has 1 aromatic rings. The van der Waals surface area contributed by atoms with Gasteiger partial charge in [-0.15, -0.1) is 0 Å². The lowest BCUT2D eigenvalue weighted by Crippen LogP contribution is -2.45. The maximum atomic E-state index is 12.8. The molecule has 0 bridgehead atoms. The van der Waals surface area contributed by atoms with Gasteiger partial charge in [-0.2, -0.15) is 0 Å². The quantitative estimate of drug-likeness (QED) is 0.735. The fraction of sp³-hybridized carbons (Fsp3) is 0.632. The van der Waals surface area contributed by atoms with E-state index in [9.17, 15) is 4.79 Å². The third-order valence-electron chi connectivity index (χ3n) is 4.82. The van der Waals surface area contributed by atoms with Crippen LogP contribution in [0.1, 0.15) is 45.1 Å². The van der Waals surface area contributed by atoms with Gasteiger partial charge in [0, 0.05) is 12.6 Å². The van der Waals surface area contributed by atoms with Crippen molar-refractivity contribution in [3.63, 3.8) is 0 Å². The summed E-state index contributed by atoms with van der Waals surface area (Å²) in [5, 5.41) is 0. The molecule has 1 aliphatic rings. The van der Waals surface area contributed by atoms with E-state index in [-0.39, 0.29) is 0 Å². The summed E-state index contributed by atoms with van der Waals surface area (Å²) in [5.41, 5.74) is 1.32. The van der Waals surface area contributed by atoms with E-state index in [4.69, 9.17) is 0 Å². The SMILES string of the molecule is CCN(CC)CC(=O)N(CCc1ccccc1)C1CCCC1. The first-order valence-corrected chi connectivity index (χ1v) is 8.80. The van der Waals surface area contributed by atoms with Gasteiger partial charge in [0.2, 0.25) is 5.91 Å². The number of carbonyl (C=O) groups is 1.